The SMILES string of the molecule is CCN(CC)C(=O)Oc1ccc2c(ccn2Cc2cccc(F)c2F)c1-c1ccc(C)cc1. The van der Waals surface area contributed by atoms with E-state index >= 15 is 0 Å². The third-order valence-electron chi connectivity index (χ3n) is 5.85. The van der Waals surface area contributed by atoms with Gasteiger partial charge in [-0.05, 0) is 50.6 Å². The second-order valence-electron chi connectivity index (χ2n) is 7.93. The second kappa shape index (κ2) is 9.45. The summed E-state index contributed by atoms with van der Waals surface area (Å²) in [5.74, 6) is -1.25. The molecule has 170 valence electrons. The quantitative estimate of drug-likeness (QED) is 0.326. The lowest BCUT2D eigenvalue weighted by atomic mass is 9.99. The van der Waals surface area contributed by atoms with Gasteiger partial charge in [0, 0.05) is 41.3 Å². The summed E-state index contributed by atoms with van der Waals surface area (Å²) in [4.78, 5) is 14.3. The van der Waals surface area contributed by atoms with Crippen molar-refractivity contribution in [2.45, 2.75) is 27.3 Å². The molecule has 0 spiro atoms. The van der Waals surface area contributed by atoms with Gasteiger partial charge in [-0.15, -0.1) is 0 Å². The summed E-state index contributed by atoms with van der Waals surface area (Å²) in [6.45, 7) is 7.09. The molecular formula is C27H26F2N2O2. The molecule has 0 N–H and O–H groups in total. The van der Waals surface area contributed by atoms with Crippen LogP contribution < -0.4 is 4.74 Å². The van der Waals surface area contributed by atoms with E-state index in [4.69, 9.17) is 4.74 Å². The van der Waals surface area contributed by atoms with Gasteiger partial charge in [-0.25, -0.2) is 13.6 Å². The normalized spacial score (nSPS) is 11.1. The minimum atomic E-state index is -0.866. The van der Waals surface area contributed by atoms with E-state index in [1.54, 1.807) is 17.0 Å². The van der Waals surface area contributed by atoms with E-state index in [2.05, 4.69) is 0 Å². The summed E-state index contributed by atoms with van der Waals surface area (Å²) >= 11 is 0. The Hall–Kier alpha value is -3.67. The van der Waals surface area contributed by atoms with E-state index in [-0.39, 0.29) is 12.1 Å². The maximum Gasteiger partial charge on any atom is 0.415 e. The number of hydrogen-bond donors (Lipinski definition) is 0. The average Bonchev–Trinajstić information content (AvgIpc) is 3.21. The molecular weight excluding hydrogens is 422 g/mol. The number of rotatable bonds is 6. The van der Waals surface area contributed by atoms with Crippen LogP contribution in [0.5, 0.6) is 5.75 Å². The number of carbonyl (C=O) groups excluding carboxylic acids is 1. The number of halogens is 2. The highest BCUT2D eigenvalue weighted by Crippen LogP contribution is 2.38. The predicted octanol–water partition coefficient (Wildman–Crippen LogP) is 6.78. The van der Waals surface area contributed by atoms with Gasteiger partial charge in [-0.1, -0.05) is 42.0 Å². The fraction of sp³-hybridized carbons (Fsp3) is 0.222. The van der Waals surface area contributed by atoms with Crippen molar-refractivity contribution < 1.29 is 18.3 Å². The van der Waals surface area contributed by atoms with Crippen LogP contribution in [-0.4, -0.2) is 28.6 Å². The Bertz CT molecular complexity index is 1290. The van der Waals surface area contributed by atoms with Crippen LogP contribution in [0.25, 0.3) is 22.0 Å². The molecule has 0 saturated carbocycles. The van der Waals surface area contributed by atoms with Gasteiger partial charge in [0.05, 0.1) is 6.54 Å². The van der Waals surface area contributed by atoms with Crippen molar-refractivity contribution in [3.63, 3.8) is 0 Å². The zero-order valence-electron chi connectivity index (χ0n) is 18.9. The van der Waals surface area contributed by atoms with Crippen LogP contribution in [0.1, 0.15) is 25.0 Å². The smallest absolute Gasteiger partial charge is 0.410 e. The van der Waals surface area contributed by atoms with Gasteiger partial charge < -0.3 is 14.2 Å². The van der Waals surface area contributed by atoms with E-state index in [1.165, 1.54) is 6.07 Å². The second-order valence-corrected chi connectivity index (χ2v) is 7.93. The molecule has 4 nitrogen and oxygen atoms in total. The van der Waals surface area contributed by atoms with Gasteiger partial charge in [0.1, 0.15) is 5.75 Å². The highest BCUT2D eigenvalue weighted by Gasteiger charge is 2.19. The topological polar surface area (TPSA) is 34.5 Å². The molecule has 0 radical (unpaired) electrons. The van der Waals surface area contributed by atoms with Crippen LogP contribution in [0.3, 0.4) is 0 Å². The molecule has 0 saturated heterocycles. The van der Waals surface area contributed by atoms with Gasteiger partial charge >= 0.3 is 6.09 Å². The van der Waals surface area contributed by atoms with Gasteiger partial charge in [0.2, 0.25) is 0 Å². The van der Waals surface area contributed by atoms with Crippen molar-refractivity contribution in [3.8, 4) is 16.9 Å². The minimum absolute atomic E-state index is 0.180. The van der Waals surface area contributed by atoms with Crippen LogP contribution in [0.4, 0.5) is 13.6 Å². The van der Waals surface area contributed by atoms with Crippen LogP contribution in [0.2, 0.25) is 0 Å². The first-order valence-corrected chi connectivity index (χ1v) is 11.0. The molecule has 3 aromatic carbocycles. The van der Waals surface area contributed by atoms with Gasteiger partial charge in [-0.3, -0.25) is 0 Å². The molecule has 4 aromatic rings. The molecule has 0 aliphatic carbocycles. The number of ether oxygens (including phenoxy) is 1. The molecule has 1 amide bonds. The molecule has 1 heterocycles. The van der Waals surface area contributed by atoms with Crippen LogP contribution in [0.15, 0.2) is 66.9 Å². The van der Waals surface area contributed by atoms with Crippen molar-refractivity contribution in [2.75, 3.05) is 13.1 Å². The summed E-state index contributed by atoms with van der Waals surface area (Å²) in [6.07, 6.45) is 1.43. The summed E-state index contributed by atoms with van der Waals surface area (Å²) in [6, 6.07) is 17.7. The van der Waals surface area contributed by atoms with E-state index in [1.807, 2.05) is 67.9 Å². The van der Waals surface area contributed by atoms with Crippen molar-refractivity contribution in [1.29, 1.82) is 0 Å². The zero-order chi connectivity index (χ0) is 23.5. The monoisotopic (exact) mass is 448 g/mol. The third kappa shape index (κ3) is 4.46. The Balaban J connectivity index is 1.82. The molecule has 4 rings (SSSR count). The van der Waals surface area contributed by atoms with E-state index < -0.39 is 17.7 Å². The number of amides is 1. The summed E-state index contributed by atoms with van der Waals surface area (Å²) in [5.41, 5.74) is 3.90. The summed E-state index contributed by atoms with van der Waals surface area (Å²) in [7, 11) is 0. The molecule has 0 fully saturated rings. The lowest BCUT2D eigenvalue weighted by Gasteiger charge is -2.20. The first-order valence-electron chi connectivity index (χ1n) is 11.0. The maximum atomic E-state index is 14.3. The Morgan fingerprint density at radius 1 is 0.970 bits per heavy atom. The van der Waals surface area contributed by atoms with Crippen molar-refractivity contribution >= 4 is 17.0 Å². The van der Waals surface area contributed by atoms with Crippen molar-refractivity contribution in [1.82, 2.24) is 9.47 Å². The van der Waals surface area contributed by atoms with Crippen LogP contribution >= 0.6 is 0 Å². The highest BCUT2D eigenvalue weighted by atomic mass is 19.2. The fourth-order valence-corrected chi connectivity index (χ4v) is 3.99. The standard InChI is InChI=1S/C27H26F2N2O2/c1-4-30(5-2)27(32)33-24-14-13-23-21(25(24)19-11-9-18(3)10-12-19)15-16-31(23)17-20-7-6-8-22(28)26(20)29/h6-16H,4-5,17H2,1-3H3. The molecule has 0 aliphatic heterocycles. The van der Waals surface area contributed by atoms with Gasteiger partial charge in [-0.2, -0.15) is 0 Å². The number of aryl methyl sites for hydroxylation is 1. The fourth-order valence-electron chi connectivity index (χ4n) is 3.99. The van der Waals surface area contributed by atoms with Gasteiger partial charge in [0.15, 0.2) is 11.6 Å². The molecule has 0 bridgehead atoms. The molecule has 1 aromatic heterocycles. The Morgan fingerprint density at radius 2 is 1.70 bits per heavy atom. The van der Waals surface area contributed by atoms with E-state index in [0.717, 1.165) is 33.7 Å². The Kier molecular flexibility index (Phi) is 6.45. The maximum absolute atomic E-state index is 14.3. The average molecular weight is 449 g/mol. The largest absolute Gasteiger partial charge is 0.415 e. The molecule has 33 heavy (non-hydrogen) atoms. The first-order chi connectivity index (χ1) is 15.9. The third-order valence-corrected chi connectivity index (χ3v) is 5.85. The predicted molar refractivity (Wildman–Crippen MR) is 127 cm³/mol. The van der Waals surface area contributed by atoms with Crippen molar-refractivity contribution in [3.05, 3.63) is 89.6 Å². The summed E-state index contributed by atoms with van der Waals surface area (Å²) in [5, 5.41) is 0.862. The van der Waals surface area contributed by atoms with E-state index in [9.17, 15) is 13.6 Å². The number of fused-ring (bicyclic) bond motifs is 1. The lowest BCUT2D eigenvalue weighted by molar-refractivity contribution is 0.157. The number of carbonyl (C=O) groups is 1. The number of nitrogens with zero attached hydrogens (tertiary/aromatic N) is 2. The first kappa shape index (κ1) is 22.5. The molecule has 0 aliphatic rings. The number of hydrogen-bond acceptors (Lipinski definition) is 2. The Morgan fingerprint density at radius 3 is 2.39 bits per heavy atom. The Labute approximate surface area is 192 Å². The number of benzene rings is 3. The van der Waals surface area contributed by atoms with Gasteiger partial charge in [0.25, 0.3) is 0 Å². The number of aromatic nitrogens is 1. The van der Waals surface area contributed by atoms with Crippen LogP contribution in [0, 0.1) is 18.6 Å². The van der Waals surface area contributed by atoms with E-state index in [0.29, 0.717) is 18.8 Å². The highest BCUT2D eigenvalue weighted by molar-refractivity contribution is 5.99. The summed E-state index contributed by atoms with van der Waals surface area (Å²) < 4.78 is 35.7. The zero-order valence-corrected chi connectivity index (χ0v) is 18.9. The minimum Gasteiger partial charge on any atom is -0.410 e. The lowest BCUT2D eigenvalue weighted by Crippen LogP contribution is -2.33. The molecule has 6 heteroatoms. The van der Waals surface area contributed by atoms with Crippen LogP contribution in [-0.2, 0) is 6.54 Å². The molecule has 0 unspecified atom stereocenters. The van der Waals surface area contributed by atoms with Crippen molar-refractivity contribution in [2.24, 2.45) is 0 Å². The molecule has 0 atom stereocenters.